The zero-order valence-corrected chi connectivity index (χ0v) is 9.97. The van der Waals surface area contributed by atoms with E-state index >= 15 is 0 Å². The zero-order valence-electron chi connectivity index (χ0n) is 9.16. The quantitative estimate of drug-likeness (QED) is 0.797. The molecule has 0 fully saturated rings. The summed E-state index contributed by atoms with van der Waals surface area (Å²) in [6.45, 7) is 4.59. The summed E-state index contributed by atoms with van der Waals surface area (Å²) in [5.41, 5.74) is 1.07. The summed E-state index contributed by atoms with van der Waals surface area (Å²) < 4.78 is 0. The SMILES string of the molecule is CCNCc1csc(N(C)CCC#N)n1. The van der Waals surface area contributed by atoms with Gasteiger partial charge in [0.2, 0.25) is 0 Å². The van der Waals surface area contributed by atoms with E-state index in [9.17, 15) is 0 Å². The molecule has 0 amide bonds. The number of nitrogens with one attached hydrogen (secondary N) is 1. The normalized spacial score (nSPS) is 9.93. The molecule has 0 atom stereocenters. The maximum absolute atomic E-state index is 8.48. The second-order valence-electron chi connectivity index (χ2n) is 3.23. The van der Waals surface area contributed by atoms with Crippen molar-refractivity contribution >= 4 is 16.5 Å². The van der Waals surface area contributed by atoms with Crippen molar-refractivity contribution in [3.8, 4) is 6.07 Å². The van der Waals surface area contributed by atoms with Gasteiger partial charge in [-0.25, -0.2) is 4.98 Å². The number of nitriles is 1. The Morgan fingerprint density at radius 2 is 2.47 bits per heavy atom. The van der Waals surface area contributed by atoms with Crippen LogP contribution in [0.3, 0.4) is 0 Å². The summed E-state index contributed by atoms with van der Waals surface area (Å²) in [6, 6.07) is 2.13. The molecule has 0 aliphatic carbocycles. The fraction of sp³-hybridized carbons (Fsp3) is 0.600. The predicted octanol–water partition coefficient (Wildman–Crippen LogP) is 1.60. The van der Waals surface area contributed by atoms with Crippen molar-refractivity contribution < 1.29 is 0 Å². The lowest BCUT2D eigenvalue weighted by molar-refractivity contribution is 0.713. The van der Waals surface area contributed by atoms with E-state index < -0.39 is 0 Å². The molecule has 82 valence electrons. The first-order chi connectivity index (χ1) is 7.27. The minimum absolute atomic E-state index is 0.540. The Hall–Kier alpha value is -1.12. The van der Waals surface area contributed by atoms with Gasteiger partial charge in [0, 0.05) is 25.5 Å². The third-order valence-electron chi connectivity index (χ3n) is 1.98. The maximum Gasteiger partial charge on any atom is 0.185 e. The van der Waals surface area contributed by atoms with E-state index in [0.717, 1.165) is 30.5 Å². The van der Waals surface area contributed by atoms with Crippen molar-refractivity contribution in [3.05, 3.63) is 11.1 Å². The highest BCUT2D eigenvalue weighted by atomic mass is 32.1. The van der Waals surface area contributed by atoms with Gasteiger partial charge in [0.15, 0.2) is 5.13 Å². The number of aromatic nitrogens is 1. The van der Waals surface area contributed by atoms with Crippen molar-refractivity contribution in [3.63, 3.8) is 0 Å². The molecule has 0 aliphatic heterocycles. The minimum atomic E-state index is 0.540. The fourth-order valence-corrected chi connectivity index (χ4v) is 1.94. The third-order valence-corrected chi connectivity index (χ3v) is 2.99. The summed E-state index contributed by atoms with van der Waals surface area (Å²) in [7, 11) is 1.97. The summed E-state index contributed by atoms with van der Waals surface area (Å²) >= 11 is 1.62. The highest BCUT2D eigenvalue weighted by Gasteiger charge is 2.05. The summed E-state index contributed by atoms with van der Waals surface area (Å²) in [4.78, 5) is 6.49. The predicted molar refractivity (Wildman–Crippen MR) is 63.0 cm³/mol. The van der Waals surface area contributed by atoms with Crippen LogP contribution in [0.2, 0.25) is 0 Å². The molecule has 0 bridgehead atoms. The molecule has 0 saturated heterocycles. The lowest BCUT2D eigenvalue weighted by atomic mass is 10.4. The Morgan fingerprint density at radius 3 is 3.13 bits per heavy atom. The number of hydrogen-bond acceptors (Lipinski definition) is 5. The molecule has 0 aromatic carbocycles. The van der Waals surface area contributed by atoms with Crippen LogP contribution >= 0.6 is 11.3 Å². The van der Waals surface area contributed by atoms with E-state index in [-0.39, 0.29) is 0 Å². The molecule has 0 saturated carbocycles. The van der Waals surface area contributed by atoms with Gasteiger partial charge in [-0.05, 0) is 6.54 Å². The van der Waals surface area contributed by atoms with Gasteiger partial charge in [-0.1, -0.05) is 6.92 Å². The van der Waals surface area contributed by atoms with Crippen LogP contribution in [-0.2, 0) is 6.54 Å². The fourth-order valence-electron chi connectivity index (χ4n) is 1.12. The Labute approximate surface area is 94.5 Å². The second kappa shape index (κ2) is 6.38. The van der Waals surface area contributed by atoms with Gasteiger partial charge < -0.3 is 10.2 Å². The largest absolute Gasteiger partial charge is 0.350 e. The number of hydrogen-bond donors (Lipinski definition) is 1. The zero-order chi connectivity index (χ0) is 11.1. The maximum atomic E-state index is 8.48. The van der Waals surface area contributed by atoms with E-state index in [1.165, 1.54) is 0 Å². The van der Waals surface area contributed by atoms with E-state index in [4.69, 9.17) is 5.26 Å². The Balaban J connectivity index is 2.48. The van der Waals surface area contributed by atoms with Crippen LogP contribution in [0.4, 0.5) is 5.13 Å². The molecule has 5 heteroatoms. The molecule has 0 unspecified atom stereocenters. The van der Waals surface area contributed by atoms with Gasteiger partial charge in [0.25, 0.3) is 0 Å². The van der Waals surface area contributed by atoms with Crippen LogP contribution in [0.1, 0.15) is 19.0 Å². The molecule has 15 heavy (non-hydrogen) atoms. The molecule has 1 N–H and O–H groups in total. The van der Waals surface area contributed by atoms with Crippen molar-refractivity contribution in [2.75, 3.05) is 25.0 Å². The standard InChI is InChI=1S/C10H16N4S/c1-3-12-7-9-8-15-10(13-9)14(2)6-4-5-11/h8,12H,3-4,6-7H2,1-2H3. The summed E-state index contributed by atoms with van der Waals surface area (Å²) in [5.74, 6) is 0. The van der Waals surface area contributed by atoms with Crippen molar-refractivity contribution in [2.24, 2.45) is 0 Å². The molecule has 1 aromatic heterocycles. The minimum Gasteiger partial charge on any atom is -0.350 e. The molecule has 0 spiro atoms. The Kier molecular flexibility index (Phi) is 5.08. The molecule has 0 aliphatic rings. The molecular formula is C10H16N4S. The van der Waals surface area contributed by atoms with Crippen molar-refractivity contribution in [2.45, 2.75) is 19.9 Å². The van der Waals surface area contributed by atoms with Crippen LogP contribution in [0, 0.1) is 11.3 Å². The highest BCUT2D eigenvalue weighted by Crippen LogP contribution is 2.19. The van der Waals surface area contributed by atoms with E-state index in [2.05, 4.69) is 28.7 Å². The second-order valence-corrected chi connectivity index (χ2v) is 4.07. The topological polar surface area (TPSA) is 52.0 Å². The Morgan fingerprint density at radius 1 is 1.67 bits per heavy atom. The van der Waals surface area contributed by atoms with Crippen LogP contribution in [-0.4, -0.2) is 25.1 Å². The third kappa shape index (κ3) is 3.86. The van der Waals surface area contributed by atoms with Crippen LogP contribution in [0.5, 0.6) is 0 Å². The first-order valence-corrected chi connectivity index (χ1v) is 5.89. The first-order valence-electron chi connectivity index (χ1n) is 5.01. The molecule has 4 nitrogen and oxygen atoms in total. The average Bonchev–Trinajstić information content (AvgIpc) is 2.71. The Bertz CT molecular complexity index is 328. The highest BCUT2D eigenvalue weighted by molar-refractivity contribution is 7.13. The number of nitrogens with zero attached hydrogens (tertiary/aromatic N) is 3. The molecule has 1 aromatic rings. The van der Waals surface area contributed by atoms with Gasteiger partial charge in [-0.3, -0.25) is 0 Å². The van der Waals surface area contributed by atoms with Gasteiger partial charge >= 0.3 is 0 Å². The summed E-state index contributed by atoms with van der Waals surface area (Å²) in [6.07, 6.45) is 0.540. The van der Waals surface area contributed by atoms with E-state index in [1.54, 1.807) is 11.3 Å². The average molecular weight is 224 g/mol. The van der Waals surface area contributed by atoms with Crippen molar-refractivity contribution in [1.82, 2.24) is 10.3 Å². The van der Waals surface area contributed by atoms with E-state index in [0.29, 0.717) is 6.42 Å². The van der Waals surface area contributed by atoms with Gasteiger partial charge in [0.05, 0.1) is 18.2 Å². The lowest BCUT2D eigenvalue weighted by Gasteiger charge is -2.12. The summed E-state index contributed by atoms with van der Waals surface area (Å²) in [5, 5.41) is 14.8. The molecule has 1 heterocycles. The lowest BCUT2D eigenvalue weighted by Crippen LogP contribution is -2.18. The van der Waals surface area contributed by atoms with Crippen LogP contribution in [0.25, 0.3) is 0 Å². The molecular weight excluding hydrogens is 208 g/mol. The number of thiazole rings is 1. The van der Waals surface area contributed by atoms with Crippen molar-refractivity contribution in [1.29, 1.82) is 5.26 Å². The van der Waals surface area contributed by atoms with Crippen LogP contribution < -0.4 is 10.2 Å². The van der Waals surface area contributed by atoms with E-state index in [1.807, 2.05) is 11.9 Å². The molecule has 1 rings (SSSR count). The smallest absolute Gasteiger partial charge is 0.185 e. The first kappa shape index (κ1) is 12.0. The number of rotatable bonds is 6. The monoisotopic (exact) mass is 224 g/mol. The van der Waals surface area contributed by atoms with Gasteiger partial charge in [-0.15, -0.1) is 11.3 Å². The number of anilines is 1. The van der Waals surface area contributed by atoms with Crippen LogP contribution in [0.15, 0.2) is 5.38 Å². The molecule has 0 radical (unpaired) electrons. The van der Waals surface area contributed by atoms with Gasteiger partial charge in [-0.2, -0.15) is 5.26 Å². The van der Waals surface area contributed by atoms with Gasteiger partial charge in [0.1, 0.15) is 0 Å².